The molecule has 4 rings (SSSR count). The zero-order chi connectivity index (χ0) is 21.1. The van der Waals surface area contributed by atoms with Crippen molar-refractivity contribution < 1.29 is 0 Å². The molecule has 0 aliphatic heterocycles. The van der Waals surface area contributed by atoms with E-state index in [2.05, 4.69) is 133 Å². The molecule has 4 aromatic carbocycles. The van der Waals surface area contributed by atoms with Gasteiger partial charge in [0.15, 0.2) is 0 Å². The van der Waals surface area contributed by atoms with E-state index in [0.29, 0.717) is 0 Å². The van der Waals surface area contributed by atoms with Crippen molar-refractivity contribution in [2.45, 2.75) is 10.4 Å². The topological polar surface area (TPSA) is 0 Å². The summed E-state index contributed by atoms with van der Waals surface area (Å²) in [5, 5.41) is 2.66. The average molecular weight is 546 g/mol. The number of thioether (sulfide) groups is 1. The van der Waals surface area contributed by atoms with E-state index < -0.39 is 29.3 Å². The summed E-state index contributed by atoms with van der Waals surface area (Å²) in [4.78, 5) is 0. The van der Waals surface area contributed by atoms with Crippen molar-refractivity contribution in [3.63, 3.8) is 0 Å². The van der Waals surface area contributed by atoms with Crippen LogP contribution in [-0.2, 0) is 0 Å². The summed E-state index contributed by atoms with van der Waals surface area (Å²) < 4.78 is 6.29. The number of rotatable bonds is 10. The van der Waals surface area contributed by atoms with Crippen LogP contribution in [0.25, 0.3) is 0 Å². The molecule has 156 valence electrons. The molecule has 0 aliphatic carbocycles. The molecule has 0 radical (unpaired) electrons. The van der Waals surface area contributed by atoms with E-state index in [4.69, 9.17) is 0 Å². The van der Waals surface area contributed by atoms with Gasteiger partial charge in [-0.2, -0.15) is 0 Å². The molecular formula is C28H28As2S. The quantitative estimate of drug-likeness (QED) is 0.211. The Bertz CT molecular complexity index is 844. The molecule has 0 fully saturated rings. The molecular weight excluding hydrogens is 518 g/mol. The molecule has 0 heterocycles. The summed E-state index contributed by atoms with van der Waals surface area (Å²) in [5.41, 5.74) is 0. The van der Waals surface area contributed by atoms with Crippen LogP contribution in [0.2, 0.25) is 10.4 Å². The first kappa shape index (κ1) is 22.5. The number of hydrogen-bond acceptors (Lipinski definition) is 1. The van der Waals surface area contributed by atoms with Crippen molar-refractivity contribution in [1.29, 1.82) is 0 Å². The minimum atomic E-state index is -1.23. The predicted molar refractivity (Wildman–Crippen MR) is 143 cm³/mol. The van der Waals surface area contributed by atoms with Crippen LogP contribution in [0.15, 0.2) is 121 Å². The fourth-order valence-electron chi connectivity index (χ4n) is 3.66. The van der Waals surface area contributed by atoms with Gasteiger partial charge in [-0.3, -0.25) is 0 Å². The van der Waals surface area contributed by atoms with Gasteiger partial charge in [-0.05, 0) is 0 Å². The Balaban J connectivity index is 1.37. The van der Waals surface area contributed by atoms with Gasteiger partial charge in [0.25, 0.3) is 0 Å². The van der Waals surface area contributed by atoms with Crippen LogP contribution in [0, 0.1) is 0 Å². The first-order valence-corrected chi connectivity index (χ1v) is 18.3. The van der Waals surface area contributed by atoms with Gasteiger partial charge in [-0.15, -0.1) is 0 Å². The van der Waals surface area contributed by atoms with Crippen LogP contribution in [-0.4, -0.2) is 40.8 Å². The van der Waals surface area contributed by atoms with Gasteiger partial charge in [0, 0.05) is 0 Å². The molecule has 0 aromatic heterocycles. The normalized spacial score (nSPS) is 11.2. The molecule has 3 heteroatoms. The van der Waals surface area contributed by atoms with E-state index in [0.717, 1.165) is 0 Å². The van der Waals surface area contributed by atoms with Crippen LogP contribution in [0.5, 0.6) is 0 Å². The second kappa shape index (κ2) is 12.4. The van der Waals surface area contributed by atoms with Crippen molar-refractivity contribution in [1.82, 2.24) is 0 Å². The van der Waals surface area contributed by atoms with Crippen LogP contribution >= 0.6 is 11.8 Å². The van der Waals surface area contributed by atoms with Crippen molar-refractivity contribution >= 4 is 58.5 Å². The first-order valence-electron chi connectivity index (χ1n) is 10.7. The predicted octanol–water partition coefficient (Wildman–Crippen LogP) is 4.34. The molecule has 0 aliphatic rings. The molecule has 0 amide bonds. The summed E-state index contributed by atoms with van der Waals surface area (Å²) in [5.74, 6) is 2.52. The van der Waals surface area contributed by atoms with Gasteiger partial charge in [0.2, 0.25) is 0 Å². The Morgan fingerprint density at radius 2 is 0.645 bits per heavy atom. The standard InChI is InChI=1S/C28H28As2S/c1-5-13-25(14-6-1)29(26-15-7-2-8-16-26)21-23-31-24-22-30(27-17-9-3-10-18-27)28-19-11-4-12-20-28/h1-20H,21-24H2. The van der Waals surface area contributed by atoms with Crippen LogP contribution in [0.4, 0.5) is 0 Å². The van der Waals surface area contributed by atoms with E-state index in [9.17, 15) is 0 Å². The molecule has 0 unspecified atom stereocenters. The minimum absolute atomic E-state index is 1.23. The van der Waals surface area contributed by atoms with Crippen LogP contribution in [0.3, 0.4) is 0 Å². The maximum absolute atomic E-state index is 2.34. The van der Waals surface area contributed by atoms with E-state index in [-0.39, 0.29) is 0 Å². The zero-order valence-electron chi connectivity index (χ0n) is 17.7. The second-order valence-electron chi connectivity index (χ2n) is 7.26. The summed E-state index contributed by atoms with van der Waals surface area (Å²) >= 11 is -0.292. The molecule has 4 aromatic rings. The molecule has 0 N–H and O–H groups in total. The van der Waals surface area contributed by atoms with Crippen molar-refractivity contribution in [2.24, 2.45) is 0 Å². The molecule has 0 bridgehead atoms. The third kappa shape index (κ3) is 6.66. The Kier molecular flexibility index (Phi) is 9.02. The van der Waals surface area contributed by atoms with E-state index in [1.165, 1.54) is 21.9 Å². The molecule has 0 saturated carbocycles. The first-order chi connectivity index (χ1) is 15.4. The van der Waals surface area contributed by atoms with Gasteiger partial charge >= 0.3 is 202 Å². The van der Waals surface area contributed by atoms with Crippen LogP contribution in [0.1, 0.15) is 0 Å². The molecule has 0 atom stereocenters. The average Bonchev–Trinajstić information content (AvgIpc) is 2.86. The Labute approximate surface area is 200 Å². The summed E-state index contributed by atoms with van der Waals surface area (Å²) in [6.07, 6.45) is 0. The Morgan fingerprint density at radius 3 is 0.903 bits per heavy atom. The monoisotopic (exact) mass is 546 g/mol. The summed E-state index contributed by atoms with van der Waals surface area (Å²) in [6.45, 7) is 0. The molecule has 0 nitrogen and oxygen atoms in total. The van der Waals surface area contributed by atoms with Crippen molar-refractivity contribution in [2.75, 3.05) is 11.5 Å². The van der Waals surface area contributed by atoms with Crippen LogP contribution < -0.4 is 17.4 Å². The van der Waals surface area contributed by atoms with E-state index >= 15 is 0 Å². The Hall–Kier alpha value is -1.65. The molecule has 0 spiro atoms. The van der Waals surface area contributed by atoms with E-state index in [1.807, 2.05) is 0 Å². The maximum atomic E-state index is 2.34. The zero-order valence-corrected chi connectivity index (χ0v) is 22.2. The van der Waals surface area contributed by atoms with Crippen molar-refractivity contribution in [3.8, 4) is 0 Å². The SMILES string of the molecule is c1ccc([As](CCSCC[As](c2ccccc2)c2ccccc2)c2ccccc2)cc1. The van der Waals surface area contributed by atoms with Gasteiger partial charge in [0.05, 0.1) is 0 Å². The van der Waals surface area contributed by atoms with Gasteiger partial charge in [-0.1, -0.05) is 0 Å². The van der Waals surface area contributed by atoms with Gasteiger partial charge in [0.1, 0.15) is 0 Å². The third-order valence-corrected chi connectivity index (χ3v) is 18.0. The van der Waals surface area contributed by atoms with Crippen molar-refractivity contribution in [3.05, 3.63) is 121 Å². The number of hydrogen-bond donors (Lipinski definition) is 0. The number of benzene rings is 4. The Morgan fingerprint density at radius 1 is 0.387 bits per heavy atom. The van der Waals surface area contributed by atoms with E-state index in [1.54, 1.807) is 17.4 Å². The summed E-state index contributed by atoms with van der Waals surface area (Å²) in [7, 11) is 0. The second-order valence-corrected chi connectivity index (χ2v) is 18.3. The molecule has 31 heavy (non-hydrogen) atoms. The van der Waals surface area contributed by atoms with Gasteiger partial charge < -0.3 is 0 Å². The third-order valence-electron chi connectivity index (χ3n) is 5.19. The fraction of sp³-hybridized carbons (Fsp3) is 0.143. The molecule has 0 saturated heterocycles. The summed E-state index contributed by atoms with van der Waals surface area (Å²) in [6, 6.07) is 44.8. The van der Waals surface area contributed by atoms with Gasteiger partial charge in [-0.25, -0.2) is 0 Å². The fourth-order valence-corrected chi connectivity index (χ4v) is 16.3.